The third-order valence-corrected chi connectivity index (χ3v) is 4.03. The SMILES string of the molecule is C[C@@H](C#N)CN(C)C(=O)CSCc1nc2ccccc2[nH]1. The number of hydrogen-bond acceptors (Lipinski definition) is 4. The minimum atomic E-state index is -0.140. The molecule has 0 aliphatic rings. The number of carbonyl (C=O) groups excluding carboxylic acids is 1. The van der Waals surface area contributed by atoms with Gasteiger partial charge in [-0.25, -0.2) is 4.98 Å². The third-order valence-electron chi connectivity index (χ3n) is 3.10. The highest BCUT2D eigenvalue weighted by molar-refractivity contribution is 7.99. The van der Waals surface area contributed by atoms with E-state index in [1.807, 2.05) is 31.2 Å². The molecular weight excluding hydrogens is 284 g/mol. The maximum Gasteiger partial charge on any atom is 0.232 e. The van der Waals surface area contributed by atoms with Gasteiger partial charge in [0.05, 0.1) is 34.5 Å². The van der Waals surface area contributed by atoms with E-state index in [4.69, 9.17) is 5.26 Å². The summed E-state index contributed by atoms with van der Waals surface area (Å²) in [5, 5.41) is 8.75. The van der Waals surface area contributed by atoms with Crippen LogP contribution in [-0.4, -0.2) is 40.1 Å². The van der Waals surface area contributed by atoms with Crippen LogP contribution in [0.2, 0.25) is 0 Å². The molecule has 0 spiro atoms. The number of hydrogen-bond donors (Lipinski definition) is 1. The first-order valence-electron chi connectivity index (χ1n) is 6.75. The van der Waals surface area contributed by atoms with Crippen molar-refractivity contribution in [1.29, 1.82) is 5.26 Å². The average Bonchev–Trinajstić information content (AvgIpc) is 2.89. The van der Waals surface area contributed by atoms with Crippen molar-refractivity contribution in [3.63, 3.8) is 0 Å². The van der Waals surface area contributed by atoms with Crippen LogP contribution in [0.3, 0.4) is 0 Å². The second-order valence-corrected chi connectivity index (χ2v) is 5.98. The third kappa shape index (κ3) is 4.23. The molecule has 2 aromatic rings. The smallest absolute Gasteiger partial charge is 0.232 e. The molecule has 0 bridgehead atoms. The van der Waals surface area contributed by atoms with Gasteiger partial charge in [0.1, 0.15) is 5.82 Å². The number of nitrogens with one attached hydrogen (secondary N) is 1. The van der Waals surface area contributed by atoms with Crippen LogP contribution in [-0.2, 0) is 10.5 Å². The zero-order valence-corrected chi connectivity index (χ0v) is 13.0. The monoisotopic (exact) mass is 302 g/mol. The van der Waals surface area contributed by atoms with Crippen molar-refractivity contribution in [2.24, 2.45) is 5.92 Å². The van der Waals surface area contributed by atoms with Crippen LogP contribution < -0.4 is 0 Å². The van der Waals surface area contributed by atoms with Crippen LogP contribution in [0, 0.1) is 17.2 Å². The Hall–Kier alpha value is -2.00. The lowest BCUT2D eigenvalue weighted by molar-refractivity contribution is -0.127. The number of aromatic amines is 1. The summed E-state index contributed by atoms with van der Waals surface area (Å²) in [5.74, 6) is 1.84. The first kappa shape index (κ1) is 15.4. The van der Waals surface area contributed by atoms with Crippen molar-refractivity contribution in [2.75, 3.05) is 19.3 Å². The van der Waals surface area contributed by atoms with E-state index in [-0.39, 0.29) is 11.8 Å². The minimum absolute atomic E-state index is 0.0400. The Bertz CT molecular complexity index is 628. The largest absolute Gasteiger partial charge is 0.344 e. The van der Waals surface area contributed by atoms with Crippen LogP contribution >= 0.6 is 11.8 Å². The molecular formula is C15H18N4OS. The second-order valence-electron chi connectivity index (χ2n) is 5.00. The summed E-state index contributed by atoms with van der Waals surface area (Å²) >= 11 is 1.52. The number of thioether (sulfide) groups is 1. The van der Waals surface area contributed by atoms with E-state index in [0.717, 1.165) is 16.9 Å². The number of imidazole rings is 1. The van der Waals surface area contributed by atoms with Gasteiger partial charge in [-0.05, 0) is 19.1 Å². The quantitative estimate of drug-likeness (QED) is 0.889. The molecule has 0 saturated carbocycles. The zero-order chi connectivity index (χ0) is 15.2. The predicted octanol–water partition coefficient (Wildman–Crippen LogP) is 2.41. The Labute approximate surface area is 128 Å². The van der Waals surface area contributed by atoms with Crippen molar-refractivity contribution < 1.29 is 4.79 Å². The lowest BCUT2D eigenvalue weighted by atomic mass is 10.2. The van der Waals surface area contributed by atoms with Crippen LogP contribution in [0.4, 0.5) is 0 Å². The Kier molecular flexibility index (Phi) is 5.23. The molecule has 21 heavy (non-hydrogen) atoms. The lowest BCUT2D eigenvalue weighted by Crippen LogP contribution is -2.32. The molecule has 0 unspecified atom stereocenters. The number of nitrogens with zero attached hydrogens (tertiary/aromatic N) is 3. The van der Waals surface area contributed by atoms with Crippen LogP contribution in [0.25, 0.3) is 11.0 Å². The van der Waals surface area contributed by atoms with E-state index < -0.39 is 0 Å². The molecule has 0 fully saturated rings. The highest BCUT2D eigenvalue weighted by Gasteiger charge is 2.12. The Balaban J connectivity index is 1.81. The van der Waals surface area contributed by atoms with E-state index in [9.17, 15) is 4.79 Å². The Morgan fingerprint density at radius 3 is 3.00 bits per heavy atom. The zero-order valence-electron chi connectivity index (χ0n) is 12.2. The summed E-state index contributed by atoms with van der Waals surface area (Å²) in [6.45, 7) is 2.28. The van der Waals surface area contributed by atoms with Gasteiger partial charge in [-0.2, -0.15) is 5.26 Å². The number of H-pyrrole nitrogens is 1. The minimum Gasteiger partial charge on any atom is -0.344 e. The van der Waals surface area contributed by atoms with Crippen molar-refractivity contribution in [3.05, 3.63) is 30.1 Å². The molecule has 1 aromatic carbocycles. The van der Waals surface area contributed by atoms with Gasteiger partial charge in [0.2, 0.25) is 5.91 Å². The predicted molar refractivity (Wildman–Crippen MR) is 84.7 cm³/mol. The lowest BCUT2D eigenvalue weighted by Gasteiger charge is -2.17. The fraction of sp³-hybridized carbons (Fsp3) is 0.400. The van der Waals surface area contributed by atoms with Crippen LogP contribution in [0.1, 0.15) is 12.7 Å². The molecule has 1 heterocycles. The molecule has 1 aromatic heterocycles. The molecule has 1 atom stereocenters. The summed E-state index contributed by atoms with van der Waals surface area (Å²) in [4.78, 5) is 21.2. The van der Waals surface area contributed by atoms with Gasteiger partial charge in [-0.1, -0.05) is 12.1 Å². The summed E-state index contributed by atoms with van der Waals surface area (Å²) < 4.78 is 0. The van der Waals surface area contributed by atoms with Gasteiger partial charge in [0.15, 0.2) is 0 Å². The van der Waals surface area contributed by atoms with Crippen molar-refractivity contribution >= 4 is 28.7 Å². The number of benzene rings is 1. The fourth-order valence-electron chi connectivity index (χ4n) is 1.97. The van der Waals surface area contributed by atoms with Gasteiger partial charge < -0.3 is 9.88 Å². The second kappa shape index (κ2) is 7.14. The van der Waals surface area contributed by atoms with E-state index in [1.54, 1.807) is 11.9 Å². The molecule has 110 valence electrons. The molecule has 1 amide bonds. The maximum absolute atomic E-state index is 11.9. The topological polar surface area (TPSA) is 72.8 Å². The van der Waals surface area contributed by atoms with Gasteiger partial charge >= 0.3 is 0 Å². The van der Waals surface area contributed by atoms with E-state index in [1.165, 1.54) is 11.8 Å². The Morgan fingerprint density at radius 1 is 1.52 bits per heavy atom. The molecule has 0 aliphatic heterocycles. The number of amides is 1. The number of rotatable bonds is 6. The van der Waals surface area contributed by atoms with Gasteiger partial charge in [-0.15, -0.1) is 11.8 Å². The van der Waals surface area contributed by atoms with Gasteiger partial charge in [0, 0.05) is 13.6 Å². The number of carbonyl (C=O) groups is 1. The molecule has 1 N–H and O–H groups in total. The molecule has 5 nitrogen and oxygen atoms in total. The summed E-state index contributed by atoms with van der Waals surface area (Å²) in [5.41, 5.74) is 1.96. The normalized spacial score (nSPS) is 12.0. The van der Waals surface area contributed by atoms with Crippen molar-refractivity contribution in [3.8, 4) is 6.07 Å². The van der Waals surface area contributed by atoms with Crippen molar-refractivity contribution in [2.45, 2.75) is 12.7 Å². The van der Waals surface area contributed by atoms with Gasteiger partial charge in [-0.3, -0.25) is 4.79 Å². The molecule has 0 radical (unpaired) electrons. The molecule has 0 saturated heterocycles. The van der Waals surface area contributed by atoms with E-state index in [2.05, 4.69) is 16.0 Å². The molecule has 0 aliphatic carbocycles. The summed E-state index contributed by atoms with van der Waals surface area (Å²) in [7, 11) is 1.73. The van der Waals surface area contributed by atoms with Crippen molar-refractivity contribution in [1.82, 2.24) is 14.9 Å². The van der Waals surface area contributed by atoms with Crippen LogP contribution in [0.15, 0.2) is 24.3 Å². The average molecular weight is 302 g/mol. The fourth-order valence-corrected chi connectivity index (χ4v) is 2.80. The number of para-hydroxylation sites is 2. The molecule has 6 heteroatoms. The Morgan fingerprint density at radius 2 is 2.29 bits per heavy atom. The van der Waals surface area contributed by atoms with E-state index in [0.29, 0.717) is 18.1 Å². The first-order valence-corrected chi connectivity index (χ1v) is 7.90. The number of fused-ring (bicyclic) bond motifs is 1. The first-order chi connectivity index (χ1) is 10.1. The summed E-state index contributed by atoms with van der Waals surface area (Å²) in [6, 6.07) is 10.00. The standard InChI is InChI=1S/C15H18N4OS/c1-11(7-16)8-19(2)15(20)10-21-9-14-17-12-5-3-4-6-13(12)18-14/h3-6,11H,8-10H2,1-2H3,(H,17,18)/t11-/m0/s1. The highest BCUT2D eigenvalue weighted by atomic mass is 32.2. The molecule has 2 rings (SSSR count). The van der Waals surface area contributed by atoms with Crippen LogP contribution in [0.5, 0.6) is 0 Å². The number of nitriles is 1. The highest BCUT2D eigenvalue weighted by Crippen LogP contribution is 2.15. The van der Waals surface area contributed by atoms with E-state index >= 15 is 0 Å². The summed E-state index contributed by atoms with van der Waals surface area (Å²) in [6.07, 6.45) is 0. The number of aromatic nitrogens is 2. The van der Waals surface area contributed by atoms with Gasteiger partial charge in [0.25, 0.3) is 0 Å². The maximum atomic E-state index is 11.9.